The zero-order chi connectivity index (χ0) is 11.1. The van der Waals surface area contributed by atoms with E-state index < -0.39 is 0 Å². The van der Waals surface area contributed by atoms with Crippen LogP contribution in [0.4, 0.5) is 5.69 Å². The van der Waals surface area contributed by atoms with Crippen LogP contribution in [0.3, 0.4) is 0 Å². The Morgan fingerprint density at radius 2 is 1.94 bits per heavy atom. The van der Waals surface area contributed by atoms with E-state index in [-0.39, 0.29) is 0 Å². The first kappa shape index (κ1) is 9.21. The van der Waals surface area contributed by atoms with Gasteiger partial charge in [0, 0.05) is 31.4 Å². The van der Waals surface area contributed by atoms with E-state index in [1.165, 1.54) is 11.1 Å². The smallest absolute Gasteiger partial charge is 0.0933 e. The van der Waals surface area contributed by atoms with Gasteiger partial charge in [-0.3, -0.25) is 0 Å². The molecule has 0 unspecified atom stereocenters. The Balaban J connectivity index is 2.40. The lowest BCUT2D eigenvalue weighted by Gasteiger charge is -2.11. The average molecular weight is 211 g/mol. The fourth-order valence-electron chi connectivity index (χ4n) is 1.94. The van der Waals surface area contributed by atoms with Crippen molar-refractivity contribution in [2.75, 3.05) is 19.0 Å². The molecule has 2 aromatic heterocycles. The third kappa shape index (κ3) is 1.25. The van der Waals surface area contributed by atoms with Gasteiger partial charge in [-0.1, -0.05) is 18.2 Å². The van der Waals surface area contributed by atoms with Crippen molar-refractivity contribution in [3.63, 3.8) is 0 Å². The van der Waals surface area contributed by atoms with Crippen LogP contribution in [-0.2, 0) is 0 Å². The Morgan fingerprint density at radius 1 is 1.12 bits per heavy atom. The molecule has 80 valence electrons. The second kappa shape index (κ2) is 3.23. The molecule has 16 heavy (non-hydrogen) atoms. The summed E-state index contributed by atoms with van der Waals surface area (Å²) in [4.78, 5) is 2.10. The number of pyridine rings is 1. The van der Waals surface area contributed by atoms with E-state index >= 15 is 0 Å². The highest BCUT2D eigenvalue weighted by Crippen LogP contribution is 2.22. The Labute approximate surface area is 93.9 Å². The molecular formula is C13H13N3. The molecule has 3 rings (SSSR count). The molecule has 0 atom stereocenters. The van der Waals surface area contributed by atoms with Crippen LogP contribution in [0, 0.1) is 0 Å². The lowest BCUT2D eigenvalue weighted by atomic mass is 10.2. The average Bonchev–Trinajstić information content (AvgIpc) is 2.66. The Hall–Kier alpha value is -2.03. The van der Waals surface area contributed by atoms with Crippen LogP contribution in [-0.4, -0.2) is 23.7 Å². The highest BCUT2D eigenvalue weighted by molar-refractivity contribution is 5.95. The molecule has 0 bridgehead atoms. The van der Waals surface area contributed by atoms with Gasteiger partial charge in [0.2, 0.25) is 0 Å². The normalized spacial score (nSPS) is 11.1. The minimum absolute atomic E-state index is 1.04. The van der Waals surface area contributed by atoms with Crippen LogP contribution in [0.2, 0.25) is 0 Å². The maximum absolute atomic E-state index is 4.51. The highest BCUT2D eigenvalue weighted by Gasteiger charge is 2.05. The second-order valence-electron chi connectivity index (χ2n) is 4.13. The van der Waals surface area contributed by atoms with E-state index in [1.54, 1.807) is 0 Å². The van der Waals surface area contributed by atoms with Gasteiger partial charge in [0.15, 0.2) is 0 Å². The molecule has 0 saturated carbocycles. The van der Waals surface area contributed by atoms with Gasteiger partial charge < -0.3 is 4.90 Å². The molecule has 0 fully saturated rings. The van der Waals surface area contributed by atoms with E-state index in [0.717, 1.165) is 11.0 Å². The molecule has 0 amide bonds. The molecule has 3 heteroatoms. The first-order valence-corrected chi connectivity index (χ1v) is 5.30. The molecule has 1 aromatic carbocycles. The summed E-state index contributed by atoms with van der Waals surface area (Å²) in [6.07, 6.45) is 2.00. The molecule has 3 aromatic rings. The molecular weight excluding hydrogens is 198 g/mol. The van der Waals surface area contributed by atoms with Crippen molar-refractivity contribution < 1.29 is 0 Å². The van der Waals surface area contributed by atoms with E-state index in [4.69, 9.17) is 0 Å². The number of aromatic nitrogens is 2. The molecule has 0 aliphatic carbocycles. The van der Waals surface area contributed by atoms with E-state index in [0.29, 0.717) is 0 Å². The van der Waals surface area contributed by atoms with Gasteiger partial charge in [-0.25, -0.2) is 4.52 Å². The van der Waals surface area contributed by atoms with Crippen molar-refractivity contribution in [2.24, 2.45) is 0 Å². The number of rotatable bonds is 1. The third-order valence-corrected chi connectivity index (χ3v) is 2.83. The minimum atomic E-state index is 1.04. The number of fused-ring (bicyclic) bond motifs is 3. The zero-order valence-corrected chi connectivity index (χ0v) is 9.38. The van der Waals surface area contributed by atoms with Gasteiger partial charge in [0.05, 0.1) is 11.0 Å². The third-order valence-electron chi connectivity index (χ3n) is 2.83. The maximum Gasteiger partial charge on any atom is 0.0933 e. The quantitative estimate of drug-likeness (QED) is 0.616. The maximum atomic E-state index is 4.51. The molecule has 0 saturated heterocycles. The van der Waals surface area contributed by atoms with Crippen molar-refractivity contribution in [1.82, 2.24) is 9.61 Å². The van der Waals surface area contributed by atoms with Crippen molar-refractivity contribution in [3.8, 4) is 0 Å². The van der Waals surface area contributed by atoms with Gasteiger partial charge in [-0.2, -0.15) is 5.10 Å². The lowest BCUT2D eigenvalue weighted by molar-refractivity contribution is 0.976. The Morgan fingerprint density at radius 3 is 2.75 bits per heavy atom. The van der Waals surface area contributed by atoms with Gasteiger partial charge in [0.1, 0.15) is 0 Å². The SMILES string of the molecule is CN(C)c1ccn2nc3ccccc3c2c1. The summed E-state index contributed by atoms with van der Waals surface area (Å²) in [5.41, 5.74) is 3.39. The van der Waals surface area contributed by atoms with Gasteiger partial charge in [-0.05, 0) is 18.2 Å². The Bertz CT molecular complexity index is 652. The van der Waals surface area contributed by atoms with Crippen LogP contribution < -0.4 is 4.90 Å². The summed E-state index contributed by atoms with van der Waals surface area (Å²) >= 11 is 0. The van der Waals surface area contributed by atoms with Crippen LogP contribution in [0.5, 0.6) is 0 Å². The summed E-state index contributed by atoms with van der Waals surface area (Å²) in [7, 11) is 4.09. The van der Waals surface area contributed by atoms with E-state index in [9.17, 15) is 0 Å². The standard InChI is InChI=1S/C13H13N3/c1-15(2)10-7-8-16-13(9-10)11-5-3-4-6-12(11)14-16/h3-9H,1-2H3. The predicted molar refractivity (Wildman–Crippen MR) is 67.0 cm³/mol. The molecule has 0 spiro atoms. The van der Waals surface area contributed by atoms with Crippen molar-refractivity contribution >= 4 is 22.1 Å². The first-order chi connectivity index (χ1) is 7.75. The summed E-state index contributed by atoms with van der Waals surface area (Å²) in [5.74, 6) is 0. The molecule has 0 aliphatic rings. The number of anilines is 1. The second-order valence-corrected chi connectivity index (χ2v) is 4.13. The number of benzene rings is 1. The molecule has 0 N–H and O–H groups in total. The van der Waals surface area contributed by atoms with Crippen LogP contribution in [0.15, 0.2) is 42.6 Å². The van der Waals surface area contributed by atoms with Crippen molar-refractivity contribution in [2.45, 2.75) is 0 Å². The highest BCUT2D eigenvalue weighted by atomic mass is 15.2. The summed E-state index contributed by atoms with van der Waals surface area (Å²) < 4.78 is 1.93. The summed E-state index contributed by atoms with van der Waals surface area (Å²) in [5, 5.41) is 5.71. The predicted octanol–water partition coefficient (Wildman–Crippen LogP) is 2.55. The monoisotopic (exact) mass is 211 g/mol. The summed E-state index contributed by atoms with van der Waals surface area (Å²) in [6, 6.07) is 12.4. The molecule has 2 heterocycles. The Kier molecular flexibility index (Phi) is 1.86. The zero-order valence-electron chi connectivity index (χ0n) is 9.38. The minimum Gasteiger partial charge on any atom is -0.378 e. The van der Waals surface area contributed by atoms with Gasteiger partial charge >= 0.3 is 0 Å². The number of nitrogens with zero attached hydrogens (tertiary/aromatic N) is 3. The van der Waals surface area contributed by atoms with Crippen molar-refractivity contribution in [3.05, 3.63) is 42.6 Å². The fourth-order valence-corrected chi connectivity index (χ4v) is 1.94. The van der Waals surface area contributed by atoms with Crippen molar-refractivity contribution in [1.29, 1.82) is 0 Å². The van der Waals surface area contributed by atoms with E-state index in [1.807, 2.05) is 43.0 Å². The van der Waals surface area contributed by atoms with Crippen LogP contribution in [0.25, 0.3) is 16.4 Å². The first-order valence-electron chi connectivity index (χ1n) is 5.30. The topological polar surface area (TPSA) is 20.5 Å². The molecule has 0 radical (unpaired) electrons. The molecule has 3 nitrogen and oxygen atoms in total. The largest absolute Gasteiger partial charge is 0.378 e. The molecule has 0 aliphatic heterocycles. The number of hydrogen-bond acceptors (Lipinski definition) is 2. The van der Waals surface area contributed by atoms with Crippen LogP contribution in [0.1, 0.15) is 0 Å². The van der Waals surface area contributed by atoms with Crippen LogP contribution >= 0.6 is 0 Å². The summed E-state index contributed by atoms with van der Waals surface area (Å²) in [6.45, 7) is 0. The lowest BCUT2D eigenvalue weighted by Crippen LogP contribution is -2.08. The van der Waals surface area contributed by atoms with Gasteiger partial charge in [0.25, 0.3) is 0 Å². The number of hydrogen-bond donors (Lipinski definition) is 0. The van der Waals surface area contributed by atoms with E-state index in [2.05, 4.69) is 28.2 Å². The fraction of sp³-hybridized carbons (Fsp3) is 0.154. The van der Waals surface area contributed by atoms with Gasteiger partial charge in [-0.15, -0.1) is 0 Å².